The van der Waals surface area contributed by atoms with Gasteiger partial charge in [-0.25, -0.2) is 4.98 Å². The van der Waals surface area contributed by atoms with Gasteiger partial charge in [0.25, 0.3) is 5.91 Å². The molecular weight excluding hydrogens is 270 g/mol. The van der Waals surface area contributed by atoms with Gasteiger partial charge in [-0.05, 0) is 17.7 Å². The van der Waals surface area contributed by atoms with Crippen LogP contribution in [0.25, 0.3) is 0 Å². The number of aromatic nitrogens is 3. The zero-order valence-corrected chi connectivity index (χ0v) is 12.2. The lowest BCUT2D eigenvalue weighted by atomic mass is 10.3. The van der Waals surface area contributed by atoms with E-state index in [0.29, 0.717) is 23.9 Å². The third kappa shape index (κ3) is 3.88. The van der Waals surface area contributed by atoms with Gasteiger partial charge in [-0.15, -0.1) is 10.2 Å². The van der Waals surface area contributed by atoms with Crippen LogP contribution in [0.5, 0.6) is 5.88 Å². The fraction of sp³-hybridized carbons (Fsp3) is 0.286. The number of rotatable bonds is 5. The molecule has 1 amide bonds. The predicted octanol–water partition coefficient (Wildman–Crippen LogP) is 1.19. The average Bonchev–Trinajstić information content (AvgIpc) is 2.53. The molecule has 0 saturated carbocycles. The van der Waals surface area contributed by atoms with Crippen molar-refractivity contribution in [2.75, 3.05) is 26.5 Å². The lowest BCUT2D eigenvalue weighted by molar-refractivity contribution is 0.0821. The molecule has 0 unspecified atom stereocenters. The van der Waals surface area contributed by atoms with Crippen molar-refractivity contribution in [2.24, 2.45) is 0 Å². The normalized spacial score (nSPS) is 10.0. The number of anilines is 1. The lowest BCUT2D eigenvalue weighted by Crippen LogP contribution is -2.23. The van der Waals surface area contributed by atoms with E-state index in [-0.39, 0.29) is 5.91 Å². The van der Waals surface area contributed by atoms with E-state index in [1.807, 2.05) is 6.07 Å². The van der Waals surface area contributed by atoms with E-state index in [4.69, 9.17) is 4.74 Å². The van der Waals surface area contributed by atoms with Gasteiger partial charge in [0.2, 0.25) is 5.88 Å². The number of nitrogens with zero attached hydrogens (tertiary/aromatic N) is 4. The van der Waals surface area contributed by atoms with E-state index in [9.17, 15) is 4.79 Å². The number of nitrogens with one attached hydrogen (secondary N) is 1. The van der Waals surface area contributed by atoms with Crippen LogP contribution >= 0.6 is 0 Å². The predicted molar refractivity (Wildman–Crippen MR) is 78.2 cm³/mol. The minimum Gasteiger partial charge on any atom is -0.481 e. The topological polar surface area (TPSA) is 80.2 Å². The second-order valence-electron chi connectivity index (χ2n) is 4.57. The molecule has 2 heterocycles. The second-order valence-corrected chi connectivity index (χ2v) is 4.57. The van der Waals surface area contributed by atoms with Crippen molar-refractivity contribution in [3.63, 3.8) is 0 Å². The third-order valence-electron chi connectivity index (χ3n) is 2.77. The standard InChI is InChI=1S/C14H17N5O2/c1-19(2)14(20)11-5-6-12(18-17-11)15-8-10-4-7-13(21-3)16-9-10/h4-7,9H,8H2,1-3H3,(H,15,18). The highest BCUT2D eigenvalue weighted by molar-refractivity contribution is 5.91. The average molecular weight is 287 g/mol. The first kappa shape index (κ1) is 14.7. The Morgan fingerprint density at radius 2 is 2.05 bits per heavy atom. The molecule has 0 bridgehead atoms. The summed E-state index contributed by atoms with van der Waals surface area (Å²) in [7, 11) is 4.92. The molecular formula is C14H17N5O2. The number of carbonyl (C=O) groups excluding carboxylic acids is 1. The summed E-state index contributed by atoms with van der Waals surface area (Å²) in [6, 6.07) is 7.07. The van der Waals surface area contributed by atoms with Crippen molar-refractivity contribution in [1.82, 2.24) is 20.1 Å². The van der Waals surface area contributed by atoms with Crippen LogP contribution in [0.4, 0.5) is 5.82 Å². The second kappa shape index (κ2) is 6.65. The van der Waals surface area contributed by atoms with Gasteiger partial charge in [-0.3, -0.25) is 4.79 Å². The van der Waals surface area contributed by atoms with Gasteiger partial charge in [0.05, 0.1) is 7.11 Å². The van der Waals surface area contributed by atoms with Crippen molar-refractivity contribution in [3.05, 3.63) is 41.7 Å². The summed E-state index contributed by atoms with van der Waals surface area (Å²) in [6.07, 6.45) is 1.73. The highest BCUT2D eigenvalue weighted by Crippen LogP contribution is 2.09. The van der Waals surface area contributed by atoms with Gasteiger partial charge in [0.15, 0.2) is 5.69 Å². The van der Waals surface area contributed by atoms with Gasteiger partial charge in [0, 0.05) is 32.9 Å². The number of carbonyl (C=O) groups is 1. The quantitative estimate of drug-likeness (QED) is 0.890. The van der Waals surface area contributed by atoms with E-state index in [1.54, 1.807) is 45.6 Å². The van der Waals surface area contributed by atoms with Crippen LogP contribution in [0.15, 0.2) is 30.5 Å². The molecule has 0 aliphatic rings. The Kier molecular flexibility index (Phi) is 4.65. The molecule has 0 fully saturated rings. The Bertz CT molecular complexity index is 596. The maximum Gasteiger partial charge on any atom is 0.273 e. The first-order chi connectivity index (χ1) is 10.1. The molecule has 7 nitrogen and oxygen atoms in total. The molecule has 2 aromatic rings. The summed E-state index contributed by atoms with van der Waals surface area (Å²) in [5, 5.41) is 11.0. The summed E-state index contributed by atoms with van der Waals surface area (Å²) in [5.41, 5.74) is 1.31. The van der Waals surface area contributed by atoms with Gasteiger partial charge in [-0.1, -0.05) is 6.07 Å². The molecule has 0 saturated heterocycles. The van der Waals surface area contributed by atoms with Gasteiger partial charge in [-0.2, -0.15) is 0 Å². The van der Waals surface area contributed by atoms with E-state index in [0.717, 1.165) is 5.56 Å². The molecule has 0 atom stereocenters. The Hall–Kier alpha value is -2.70. The van der Waals surface area contributed by atoms with E-state index < -0.39 is 0 Å². The van der Waals surface area contributed by atoms with Crippen molar-refractivity contribution >= 4 is 11.7 Å². The molecule has 21 heavy (non-hydrogen) atoms. The first-order valence-electron chi connectivity index (χ1n) is 6.38. The van der Waals surface area contributed by atoms with Crippen LogP contribution in [-0.2, 0) is 6.54 Å². The Morgan fingerprint density at radius 3 is 2.57 bits per heavy atom. The monoisotopic (exact) mass is 287 g/mol. The van der Waals surface area contributed by atoms with Gasteiger partial charge < -0.3 is 15.0 Å². The van der Waals surface area contributed by atoms with Crippen LogP contribution in [0, 0.1) is 0 Å². The number of amides is 1. The summed E-state index contributed by atoms with van der Waals surface area (Å²) in [4.78, 5) is 17.3. The highest BCUT2D eigenvalue weighted by Gasteiger charge is 2.09. The molecule has 110 valence electrons. The number of methoxy groups -OCH3 is 1. The molecule has 2 aromatic heterocycles. The zero-order chi connectivity index (χ0) is 15.2. The Balaban J connectivity index is 1.95. The van der Waals surface area contributed by atoms with Crippen molar-refractivity contribution in [3.8, 4) is 5.88 Å². The van der Waals surface area contributed by atoms with Gasteiger partial charge in [0.1, 0.15) is 5.82 Å². The van der Waals surface area contributed by atoms with Gasteiger partial charge >= 0.3 is 0 Å². The number of pyridine rings is 1. The molecule has 0 aromatic carbocycles. The smallest absolute Gasteiger partial charge is 0.273 e. The largest absolute Gasteiger partial charge is 0.481 e. The minimum atomic E-state index is -0.173. The van der Waals surface area contributed by atoms with Crippen molar-refractivity contribution in [1.29, 1.82) is 0 Å². The minimum absolute atomic E-state index is 0.173. The Labute approximate surface area is 123 Å². The molecule has 1 N–H and O–H groups in total. The summed E-state index contributed by atoms with van der Waals surface area (Å²) in [5.74, 6) is 1.000. The van der Waals surface area contributed by atoms with Crippen LogP contribution < -0.4 is 10.1 Å². The maximum absolute atomic E-state index is 11.7. The lowest BCUT2D eigenvalue weighted by Gasteiger charge is -2.09. The molecule has 2 rings (SSSR count). The zero-order valence-electron chi connectivity index (χ0n) is 12.2. The summed E-state index contributed by atoms with van der Waals surface area (Å²) >= 11 is 0. The van der Waals surface area contributed by atoms with E-state index >= 15 is 0 Å². The molecule has 0 spiro atoms. The fourth-order valence-electron chi connectivity index (χ4n) is 1.60. The van der Waals surface area contributed by atoms with E-state index in [1.165, 1.54) is 4.90 Å². The number of ether oxygens (including phenoxy) is 1. The van der Waals surface area contributed by atoms with Crippen LogP contribution in [0.3, 0.4) is 0 Å². The number of hydrogen-bond acceptors (Lipinski definition) is 6. The molecule has 0 radical (unpaired) electrons. The SMILES string of the molecule is COc1ccc(CNc2ccc(C(=O)N(C)C)nn2)cn1. The Morgan fingerprint density at radius 1 is 1.24 bits per heavy atom. The summed E-state index contributed by atoms with van der Waals surface area (Å²) in [6.45, 7) is 0.562. The molecule has 0 aliphatic carbocycles. The third-order valence-corrected chi connectivity index (χ3v) is 2.77. The van der Waals surface area contributed by atoms with Crippen molar-refractivity contribution in [2.45, 2.75) is 6.54 Å². The van der Waals surface area contributed by atoms with Crippen LogP contribution in [0.1, 0.15) is 16.1 Å². The summed E-state index contributed by atoms with van der Waals surface area (Å²) < 4.78 is 5.00. The van der Waals surface area contributed by atoms with Crippen LogP contribution in [-0.4, -0.2) is 47.2 Å². The molecule has 0 aliphatic heterocycles. The number of hydrogen-bond donors (Lipinski definition) is 1. The maximum atomic E-state index is 11.7. The van der Waals surface area contributed by atoms with Crippen molar-refractivity contribution < 1.29 is 9.53 Å². The van der Waals surface area contributed by atoms with Crippen LogP contribution in [0.2, 0.25) is 0 Å². The molecule has 7 heteroatoms. The first-order valence-corrected chi connectivity index (χ1v) is 6.38. The van der Waals surface area contributed by atoms with E-state index in [2.05, 4.69) is 20.5 Å². The fourth-order valence-corrected chi connectivity index (χ4v) is 1.60. The highest BCUT2D eigenvalue weighted by atomic mass is 16.5.